The summed E-state index contributed by atoms with van der Waals surface area (Å²) >= 11 is 0. The van der Waals surface area contributed by atoms with Gasteiger partial charge in [-0.15, -0.1) is 0 Å². The van der Waals surface area contributed by atoms with Crippen molar-refractivity contribution < 1.29 is 14.9 Å². The highest BCUT2D eigenvalue weighted by Gasteiger charge is 2.44. The minimum Gasteiger partial charge on any atom is -0.392 e. The molecule has 29 heavy (non-hydrogen) atoms. The Morgan fingerprint density at radius 1 is 1.14 bits per heavy atom. The maximum Gasteiger partial charge on any atom is 0.0721 e. The maximum atomic E-state index is 10.5. The normalized spacial score (nSPS) is 33.0. The van der Waals surface area contributed by atoms with Gasteiger partial charge in [0.25, 0.3) is 0 Å². The fourth-order valence-corrected chi connectivity index (χ4v) is 5.51. The molecule has 2 N–H and O–H groups in total. The van der Waals surface area contributed by atoms with Gasteiger partial charge in [0.15, 0.2) is 0 Å². The van der Waals surface area contributed by atoms with Gasteiger partial charge in [0.2, 0.25) is 0 Å². The summed E-state index contributed by atoms with van der Waals surface area (Å²) in [5.41, 5.74) is 1.61. The van der Waals surface area contributed by atoms with E-state index in [1.165, 1.54) is 45.1 Å². The Kier molecular flexibility index (Phi) is 9.71. The first-order valence-electron chi connectivity index (χ1n) is 12.2. The maximum absolute atomic E-state index is 10.5. The molecular weight excluding hydrogens is 362 g/mol. The van der Waals surface area contributed by atoms with Crippen LogP contribution in [0.25, 0.3) is 0 Å². The number of aliphatic hydroxyl groups is 2. The molecule has 0 bridgehead atoms. The Hall–Kier alpha value is -0.680. The van der Waals surface area contributed by atoms with E-state index in [2.05, 4.69) is 24.0 Å². The van der Waals surface area contributed by atoms with Crippen molar-refractivity contribution in [1.82, 2.24) is 4.90 Å². The minimum absolute atomic E-state index is 0.223. The largest absolute Gasteiger partial charge is 0.392 e. The molecule has 0 aromatic rings. The Morgan fingerprint density at radius 3 is 2.76 bits per heavy atom. The molecule has 4 heteroatoms. The van der Waals surface area contributed by atoms with Crippen LogP contribution in [0.4, 0.5) is 0 Å². The SMILES string of the molecule is CCCCC[C@H](O)/C=C/[C@@H]1[C@H]2C/C(=C/CCCCN3CCOCC3)C[C@H]2C[C@H]1O. The molecular formula is C25H43NO3. The van der Waals surface area contributed by atoms with E-state index in [0.717, 1.165) is 52.0 Å². The van der Waals surface area contributed by atoms with Gasteiger partial charge in [-0.25, -0.2) is 0 Å². The first kappa shape index (κ1) is 23.0. The van der Waals surface area contributed by atoms with E-state index >= 15 is 0 Å². The molecule has 1 saturated heterocycles. The lowest BCUT2D eigenvalue weighted by Gasteiger charge is -2.26. The highest BCUT2D eigenvalue weighted by atomic mass is 16.5. The summed E-state index contributed by atoms with van der Waals surface area (Å²) < 4.78 is 5.41. The van der Waals surface area contributed by atoms with Crippen molar-refractivity contribution in [3.05, 3.63) is 23.8 Å². The molecule has 0 amide bonds. The number of nitrogens with zero attached hydrogens (tertiary/aromatic N) is 1. The van der Waals surface area contributed by atoms with Crippen molar-refractivity contribution in [2.45, 2.75) is 83.3 Å². The summed E-state index contributed by atoms with van der Waals surface area (Å²) in [4.78, 5) is 2.52. The molecule has 3 aliphatic rings. The first-order chi connectivity index (χ1) is 14.2. The average Bonchev–Trinajstić information content (AvgIpc) is 3.23. The highest BCUT2D eigenvalue weighted by Crippen LogP contribution is 2.50. The monoisotopic (exact) mass is 405 g/mol. The zero-order valence-electron chi connectivity index (χ0n) is 18.5. The average molecular weight is 406 g/mol. The molecule has 2 aliphatic carbocycles. The molecule has 0 aromatic carbocycles. The van der Waals surface area contributed by atoms with Crippen LogP contribution in [0.1, 0.15) is 71.1 Å². The third kappa shape index (κ3) is 7.20. The number of rotatable bonds is 11. The Balaban J connectivity index is 1.38. The van der Waals surface area contributed by atoms with Crippen LogP contribution >= 0.6 is 0 Å². The third-order valence-corrected chi connectivity index (χ3v) is 7.23. The fourth-order valence-electron chi connectivity index (χ4n) is 5.51. The molecule has 0 aromatic heterocycles. The number of unbranched alkanes of at least 4 members (excludes halogenated alkanes) is 4. The third-order valence-electron chi connectivity index (χ3n) is 7.23. The van der Waals surface area contributed by atoms with Gasteiger partial charge in [-0.05, 0) is 63.3 Å². The number of allylic oxidation sites excluding steroid dienone is 2. The van der Waals surface area contributed by atoms with E-state index in [9.17, 15) is 10.2 Å². The number of morpholine rings is 1. The molecule has 0 radical (unpaired) electrons. The second kappa shape index (κ2) is 12.2. The van der Waals surface area contributed by atoms with Crippen molar-refractivity contribution >= 4 is 0 Å². The number of hydrogen-bond acceptors (Lipinski definition) is 4. The van der Waals surface area contributed by atoms with Gasteiger partial charge in [0.1, 0.15) is 0 Å². The van der Waals surface area contributed by atoms with Crippen LogP contribution in [0, 0.1) is 17.8 Å². The minimum atomic E-state index is -0.351. The van der Waals surface area contributed by atoms with Crippen LogP contribution < -0.4 is 0 Å². The molecule has 3 fully saturated rings. The summed E-state index contributed by atoms with van der Waals surface area (Å²) in [6.45, 7) is 7.36. The molecule has 4 nitrogen and oxygen atoms in total. The summed E-state index contributed by atoms with van der Waals surface area (Å²) in [7, 11) is 0. The van der Waals surface area contributed by atoms with Crippen LogP contribution in [0.2, 0.25) is 0 Å². The van der Waals surface area contributed by atoms with Gasteiger partial charge in [0.05, 0.1) is 25.4 Å². The molecule has 0 spiro atoms. The lowest BCUT2D eigenvalue weighted by molar-refractivity contribution is 0.0372. The van der Waals surface area contributed by atoms with E-state index in [1.807, 2.05) is 6.08 Å². The molecule has 0 unspecified atom stereocenters. The predicted octanol–water partition coefficient (Wildman–Crippen LogP) is 4.32. The molecule has 1 heterocycles. The number of aliphatic hydroxyl groups excluding tert-OH is 2. The lowest BCUT2D eigenvalue weighted by atomic mass is 9.90. The smallest absolute Gasteiger partial charge is 0.0721 e. The van der Waals surface area contributed by atoms with E-state index in [-0.39, 0.29) is 18.1 Å². The van der Waals surface area contributed by atoms with Crippen LogP contribution in [-0.2, 0) is 4.74 Å². The topological polar surface area (TPSA) is 52.9 Å². The standard InChI is InChI=1S/C25H43NO3/c1-2-3-5-9-22(27)10-11-23-24-18-20(17-21(24)19-25(23)28)8-6-4-7-12-26-13-15-29-16-14-26/h8,10-11,21-25,27-28H,2-7,9,12-19H2,1H3/b11-10+,20-8+/t21-,22-,23+,24-,25+/m0/s1. The molecule has 166 valence electrons. The summed E-state index contributed by atoms with van der Waals surface area (Å²) in [5, 5.41) is 20.7. The van der Waals surface area contributed by atoms with Gasteiger partial charge in [0, 0.05) is 19.0 Å². The highest BCUT2D eigenvalue weighted by molar-refractivity contribution is 5.18. The lowest BCUT2D eigenvalue weighted by Crippen LogP contribution is -2.36. The number of ether oxygens (including phenoxy) is 1. The second-order valence-corrected chi connectivity index (χ2v) is 9.47. The van der Waals surface area contributed by atoms with E-state index in [1.54, 1.807) is 5.57 Å². The van der Waals surface area contributed by atoms with Crippen molar-refractivity contribution in [3.8, 4) is 0 Å². The number of fused-ring (bicyclic) bond motifs is 1. The van der Waals surface area contributed by atoms with Gasteiger partial charge in [-0.3, -0.25) is 4.90 Å². The van der Waals surface area contributed by atoms with Crippen molar-refractivity contribution in [3.63, 3.8) is 0 Å². The van der Waals surface area contributed by atoms with E-state index < -0.39 is 0 Å². The Bertz CT molecular complexity index is 526. The van der Waals surface area contributed by atoms with Gasteiger partial charge in [-0.1, -0.05) is 50.0 Å². The molecule has 1 aliphatic heterocycles. The van der Waals surface area contributed by atoms with Gasteiger partial charge < -0.3 is 14.9 Å². The van der Waals surface area contributed by atoms with Crippen LogP contribution in [-0.4, -0.2) is 60.2 Å². The second-order valence-electron chi connectivity index (χ2n) is 9.47. The molecule has 2 saturated carbocycles. The van der Waals surface area contributed by atoms with E-state index in [4.69, 9.17) is 4.74 Å². The Morgan fingerprint density at radius 2 is 1.97 bits per heavy atom. The zero-order chi connectivity index (χ0) is 20.5. The number of hydrogen-bond donors (Lipinski definition) is 2. The quantitative estimate of drug-likeness (QED) is 0.397. The summed E-state index contributed by atoms with van der Waals surface area (Å²) in [6, 6.07) is 0. The fraction of sp³-hybridized carbons (Fsp3) is 0.840. The van der Waals surface area contributed by atoms with Crippen molar-refractivity contribution in [2.24, 2.45) is 17.8 Å². The predicted molar refractivity (Wildman–Crippen MR) is 119 cm³/mol. The summed E-state index contributed by atoms with van der Waals surface area (Å²) in [5.74, 6) is 1.44. The van der Waals surface area contributed by atoms with Crippen LogP contribution in [0.15, 0.2) is 23.8 Å². The zero-order valence-corrected chi connectivity index (χ0v) is 18.5. The van der Waals surface area contributed by atoms with Crippen molar-refractivity contribution in [1.29, 1.82) is 0 Å². The van der Waals surface area contributed by atoms with Gasteiger partial charge >= 0.3 is 0 Å². The first-order valence-corrected chi connectivity index (χ1v) is 12.2. The Labute approximate surface area is 178 Å². The molecule has 3 rings (SSSR count). The molecule has 5 atom stereocenters. The van der Waals surface area contributed by atoms with Crippen LogP contribution in [0.3, 0.4) is 0 Å². The summed E-state index contributed by atoms with van der Waals surface area (Å²) in [6.07, 6.45) is 17.3. The van der Waals surface area contributed by atoms with E-state index in [0.29, 0.717) is 11.8 Å². The van der Waals surface area contributed by atoms with Crippen molar-refractivity contribution in [2.75, 3.05) is 32.8 Å². The van der Waals surface area contributed by atoms with Crippen LogP contribution in [0.5, 0.6) is 0 Å². The van der Waals surface area contributed by atoms with Gasteiger partial charge in [-0.2, -0.15) is 0 Å².